The van der Waals surface area contributed by atoms with Crippen LogP contribution in [0.1, 0.15) is 41.2 Å². The third-order valence-corrected chi connectivity index (χ3v) is 5.46. The molecule has 1 amide bonds. The van der Waals surface area contributed by atoms with Gasteiger partial charge in [-0.3, -0.25) is 4.79 Å². The van der Waals surface area contributed by atoms with E-state index < -0.39 is 0 Å². The van der Waals surface area contributed by atoms with Crippen molar-refractivity contribution in [2.24, 2.45) is 0 Å². The first-order valence-electron chi connectivity index (χ1n) is 9.28. The summed E-state index contributed by atoms with van der Waals surface area (Å²) in [6.07, 6.45) is 5.90. The van der Waals surface area contributed by atoms with Gasteiger partial charge in [0.05, 0.1) is 0 Å². The topological polar surface area (TPSA) is 66.9 Å². The number of aryl methyl sites for hydroxylation is 2. The highest BCUT2D eigenvalue weighted by atomic mass is 35.5. The number of carbonyl (C=O) groups excluding carboxylic acids is 1. The Morgan fingerprint density at radius 1 is 1.31 bits per heavy atom. The van der Waals surface area contributed by atoms with Crippen LogP contribution in [0.4, 0.5) is 5.69 Å². The number of hydrogen-bond acceptors (Lipinski definition) is 4. The van der Waals surface area contributed by atoms with E-state index >= 15 is 0 Å². The van der Waals surface area contributed by atoms with E-state index in [1.54, 1.807) is 0 Å². The highest BCUT2D eigenvalue weighted by Gasteiger charge is 2.26. The predicted octanol–water partition coefficient (Wildman–Crippen LogP) is 3.01. The first kappa shape index (κ1) is 17.3. The molecule has 1 atom stereocenters. The second kappa shape index (κ2) is 7.23. The molecule has 1 aliphatic heterocycles. The Hall–Kier alpha value is -2.14. The number of carbonyl (C=O) groups is 1. The number of rotatable bonds is 4. The first-order chi connectivity index (χ1) is 12.6. The molecule has 5 nitrogen and oxygen atoms in total. The molecule has 0 saturated carbocycles. The molecule has 0 fully saturated rings. The third kappa shape index (κ3) is 3.54. The number of benzene rings is 1. The summed E-state index contributed by atoms with van der Waals surface area (Å²) < 4.78 is 0. The van der Waals surface area contributed by atoms with E-state index in [-0.39, 0.29) is 11.9 Å². The van der Waals surface area contributed by atoms with Crippen molar-refractivity contribution in [3.63, 3.8) is 0 Å². The normalized spacial score (nSPS) is 18.0. The fourth-order valence-corrected chi connectivity index (χ4v) is 4.06. The van der Waals surface area contributed by atoms with E-state index in [0.29, 0.717) is 24.4 Å². The van der Waals surface area contributed by atoms with Crippen LogP contribution >= 0.6 is 11.6 Å². The maximum Gasteiger partial charge on any atom is 0.242 e. The van der Waals surface area contributed by atoms with Gasteiger partial charge in [0.2, 0.25) is 5.91 Å². The minimum Gasteiger partial charge on any atom is -0.373 e. The SMILES string of the molecule is Cc1nc(CCNC(=O)C2Cc3cc(Cl)ccc3N2)nc2c1CCCC2. The zero-order chi connectivity index (χ0) is 18.1. The molecule has 0 saturated heterocycles. The van der Waals surface area contributed by atoms with Gasteiger partial charge in [0, 0.05) is 41.5 Å². The molecular formula is C20H23ClN4O. The number of hydrogen-bond donors (Lipinski definition) is 2. The van der Waals surface area contributed by atoms with Gasteiger partial charge in [-0.15, -0.1) is 0 Å². The molecule has 26 heavy (non-hydrogen) atoms. The zero-order valence-electron chi connectivity index (χ0n) is 14.9. The molecule has 136 valence electrons. The number of nitrogens with zero attached hydrogens (tertiary/aromatic N) is 2. The standard InChI is InChI=1S/C20H23ClN4O/c1-12-15-4-2-3-5-17(15)25-19(23-12)8-9-22-20(26)18-11-13-10-14(21)6-7-16(13)24-18/h6-7,10,18,24H,2-5,8-9,11H2,1H3,(H,22,26). The number of amides is 1. The van der Waals surface area contributed by atoms with Crippen LogP contribution in [0.15, 0.2) is 18.2 Å². The Morgan fingerprint density at radius 2 is 2.15 bits per heavy atom. The fraction of sp³-hybridized carbons (Fsp3) is 0.450. The van der Waals surface area contributed by atoms with Gasteiger partial charge in [-0.2, -0.15) is 0 Å². The minimum atomic E-state index is -0.241. The summed E-state index contributed by atoms with van der Waals surface area (Å²) in [6, 6.07) is 5.44. The molecule has 2 aliphatic rings. The molecular weight excluding hydrogens is 348 g/mol. The number of fused-ring (bicyclic) bond motifs is 2. The van der Waals surface area contributed by atoms with E-state index in [9.17, 15) is 4.79 Å². The Kier molecular flexibility index (Phi) is 4.81. The summed E-state index contributed by atoms with van der Waals surface area (Å²) >= 11 is 6.02. The quantitative estimate of drug-likeness (QED) is 0.868. The molecule has 1 aliphatic carbocycles. The minimum absolute atomic E-state index is 0.00649. The molecule has 4 rings (SSSR count). The van der Waals surface area contributed by atoms with E-state index in [2.05, 4.69) is 22.5 Å². The molecule has 0 radical (unpaired) electrons. The monoisotopic (exact) mass is 370 g/mol. The maximum absolute atomic E-state index is 12.4. The van der Waals surface area contributed by atoms with E-state index in [1.165, 1.54) is 24.1 Å². The molecule has 0 bridgehead atoms. The van der Waals surface area contributed by atoms with Crippen LogP contribution in [-0.2, 0) is 30.5 Å². The number of nitrogens with one attached hydrogen (secondary N) is 2. The number of anilines is 1. The molecule has 6 heteroatoms. The molecule has 1 aromatic heterocycles. The lowest BCUT2D eigenvalue weighted by molar-refractivity contribution is -0.121. The van der Waals surface area contributed by atoms with E-state index in [1.807, 2.05) is 18.2 Å². The highest BCUT2D eigenvalue weighted by Crippen LogP contribution is 2.28. The summed E-state index contributed by atoms with van der Waals surface area (Å²) in [5.41, 5.74) is 5.71. The van der Waals surface area contributed by atoms with Gasteiger partial charge in [-0.25, -0.2) is 9.97 Å². The molecule has 0 spiro atoms. The molecule has 1 aromatic carbocycles. The van der Waals surface area contributed by atoms with Crippen LogP contribution in [-0.4, -0.2) is 28.5 Å². The van der Waals surface area contributed by atoms with Gasteiger partial charge in [-0.05, 0) is 61.9 Å². The van der Waals surface area contributed by atoms with Crippen molar-refractivity contribution in [2.75, 3.05) is 11.9 Å². The van der Waals surface area contributed by atoms with Gasteiger partial charge in [-0.1, -0.05) is 11.6 Å². The van der Waals surface area contributed by atoms with Crippen molar-refractivity contribution in [1.29, 1.82) is 0 Å². The number of halogens is 1. The smallest absolute Gasteiger partial charge is 0.242 e. The van der Waals surface area contributed by atoms with E-state index in [4.69, 9.17) is 16.6 Å². The third-order valence-electron chi connectivity index (χ3n) is 5.22. The van der Waals surface area contributed by atoms with Crippen molar-refractivity contribution >= 4 is 23.2 Å². The van der Waals surface area contributed by atoms with Crippen LogP contribution < -0.4 is 10.6 Å². The van der Waals surface area contributed by atoms with Crippen molar-refractivity contribution in [3.05, 3.63) is 51.6 Å². The maximum atomic E-state index is 12.4. The second-order valence-electron chi connectivity index (χ2n) is 7.10. The van der Waals surface area contributed by atoms with Crippen molar-refractivity contribution in [1.82, 2.24) is 15.3 Å². The zero-order valence-corrected chi connectivity index (χ0v) is 15.7. The van der Waals surface area contributed by atoms with Gasteiger partial charge in [0.25, 0.3) is 0 Å². The van der Waals surface area contributed by atoms with E-state index in [0.717, 1.165) is 35.6 Å². The number of aromatic nitrogens is 2. The molecule has 2 heterocycles. The lowest BCUT2D eigenvalue weighted by Gasteiger charge is -2.17. The second-order valence-corrected chi connectivity index (χ2v) is 7.54. The largest absolute Gasteiger partial charge is 0.373 e. The van der Waals surface area contributed by atoms with Crippen LogP contribution in [0.3, 0.4) is 0 Å². The molecule has 2 N–H and O–H groups in total. The summed E-state index contributed by atoms with van der Waals surface area (Å²) in [4.78, 5) is 21.8. The van der Waals surface area contributed by atoms with Crippen LogP contribution in [0.2, 0.25) is 5.02 Å². The molecule has 1 unspecified atom stereocenters. The Morgan fingerprint density at radius 3 is 3.04 bits per heavy atom. The Bertz CT molecular complexity index is 852. The molecule has 2 aromatic rings. The summed E-state index contributed by atoms with van der Waals surface area (Å²) in [5.74, 6) is 0.838. The lowest BCUT2D eigenvalue weighted by atomic mass is 9.95. The van der Waals surface area contributed by atoms with Gasteiger partial charge >= 0.3 is 0 Å². The van der Waals surface area contributed by atoms with Crippen LogP contribution in [0.5, 0.6) is 0 Å². The van der Waals surface area contributed by atoms with Crippen molar-refractivity contribution < 1.29 is 4.79 Å². The Balaban J connectivity index is 1.33. The van der Waals surface area contributed by atoms with Crippen LogP contribution in [0.25, 0.3) is 0 Å². The summed E-state index contributed by atoms with van der Waals surface area (Å²) in [6.45, 7) is 2.62. The first-order valence-corrected chi connectivity index (χ1v) is 9.66. The lowest BCUT2D eigenvalue weighted by Crippen LogP contribution is -2.39. The Labute approximate surface area is 158 Å². The average molecular weight is 371 g/mol. The fourth-order valence-electron chi connectivity index (χ4n) is 3.87. The average Bonchev–Trinajstić information content (AvgIpc) is 3.05. The van der Waals surface area contributed by atoms with Gasteiger partial charge in [0.15, 0.2) is 0 Å². The summed E-state index contributed by atoms with van der Waals surface area (Å²) in [7, 11) is 0. The van der Waals surface area contributed by atoms with Crippen molar-refractivity contribution in [3.8, 4) is 0 Å². The highest BCUT2D eigenvalue weighted by molar-refractivity contribution is 6.30. The van der Waals surface area contributed by atoms with Crippen LogP contribution in [0, 0.1) is 6.92 Å². The van der Waals surface area contributed by atoms with Gasteiger partial charge < -0.3 is 10.6 Å². The predicted molar refractivity (Wildman–Crippen MR) is 103 cm³/mol. The summed E-state index contributed by atoms with van der Waals surface area (Å²) in [5, 5.41) is 6.97. The van der Waals surface area contributed by atoms with Crippen molar-refractivity contribution in [2.45, 2.75) is 51.5 Å². The van der Waals surface area contributed by atoms with Gasteiger partial charge in [0.1, 0.15) is 11.9 Å².